The molecule has 22 heavy (non-hydrogen) atoms. The summed E-state index contributed by atoms with van der Waals surface area (Å²) < 4.78 is 26.3. The van der Waals surface area contributed by atoms with Gasteiger partial charge in [0, 0.05) is 36.3 Å². The van der Waals surface area contributed by atoms with Crippen LogP contribution in [-0.4, -0.2) is 11.8 Å². The van der Waals surface area contributed by atoms with Crippen LogP contribution in [0.4, 0.5) is 14.5 Å². The maximum absolute atomic E-state index is 13.5. The van der Waals surface area contributed by atoms with Crippen LogP contribution in [0.25, 0.3) is 0 Å². The number of rotatable bonds is 4. The van der Waals surface area contributed by atoms with Crippen molar-refractivity contribution in [3.8, 4) is 0 Å². The topological polar surface area (TPSA) is 58.2 Å². The van der Waals surface area contributed by atoms with Gasteiger partial charge in [-0.15, -0.1) is 0 Å². The van der Waals surface area contributed by atoms with E-state index in [-0.39, 0.29) is 18.0 Å². The second-order valence-electron chi connectivity index (χ2n) is 4.68. The van der Waals surface area contributed by atoms with Gasteiger partial charge in [-0.25, -0.2) is 8.78 Å². The fourth-order valence-corrected chi connectivity index (χ4v) is 1.88. The van der Waals surface area contributed by atoms with Crippen LogP contribution in [0, 0.1) is 11.6 Å². The molecule has 0 aliphatic carbocycles. The molecule has 0 fully saturated rings. The molecule has 2 aromatic rings. The third-order valence-electron chi connectivity index (χ3n) is 2.90. The summed E-state index contributed by atoms with van der Waals surface area (Å²) >= 11 is 0. The van der Waals surface area contributed by atoms with Crippen LogP contribution in [0.3, 0.4) is 0 Å². The Balaban J connectivity index is 2.04. The fraction of sp³-hybridized carbons (Fsp3) is 0.125. The summed E-state index contributed by atoms with van der Waals surface area (Å²) in [7, 11) is 0. The van der Waals surface area contributed by atoms with E-state index in [0.717, 1.165) is 12.1 Å². The van der Waals surface area contributed by atoms with Gasteiger partial charge in [0.05, 0.1) is 0 Å². The molecule has 2 N–H and O–H groups in total. The van der Waals surface area contributed by atoms with Gasteiger partial charge in [0.25, 0.3) is 5.91 Å². The molecule has 0 heterocycles. The van der Waals surface area contributed by atoms with Gasteiger partial charge in [-0.1, -0.05) is 12.1 Å². The molecule has 0 atom stereocenters. The maximum atomic E-state index is 13.5. The van der Waals surface area contributed by atoms with Crippen LogP contribution in [0.1, 0.15) is 22.8 Å². The van der Waals surface area contributed by atoms with Gasteiger partial charge in [-0.3, -0.25) is 9.59 Å². The highest BCUT2D eigenvalue weighted by molar-refractivity contribution is 5.96. The summed E-state index contributed by atoms with van der Waals surface area (Å²) in [6.45, 7) is 1.30. The Morgan fingerprint density at radius 1 is 1.09 bits per heavy atom. The van der Waals surface area contributed by atoms with E-state index >= 15 is 0 Å². The van der Waals surface area contributed by atoms with E-state index in [1.165, 1.54) is 19.1 Å². The minimum Gasteiger partial charge on any atom is -0.348 e. The number of anilines is 1. The molecular weight excluding hydrogens is 290 g/mol. The summed E-state index contributed by atoms with van der Waals surface area (Å²) in [5, 5.41) is 5.11. The molecule has 4 nitrogen and oxygen atoms in total. The van der Waals surface area contributed by atoms with E-state index in [1.807, 2.05) is 0 Å². The van der Waals surface area contributed by atoms with Gasteiger partial charge < -0.3 is 10.6 Å². The summed E-state index contributed by atoms with van der Waals surface area (Å²) in [6, 6.07) is 9.52. The lowest BCUT2D eigenvalue weighted by Gasteiger charge is -2.08. The van der Waals surface area contributed by atoms with Crippen molar-refractivity contribution in [1.82, 2.24) is 5.32 Å². The highest BCUT2D eigenvalue weighted by atomic mass is 19.1. The zero-order valence-electron chi connectivity index (χ0n) is 11.8. The van der Waals surface area contributed by atoms with E-state index in [4.69, 9.17) is 0 Å². The van der Waals surface area contributed by atoms with E-state index in [2.05, 4.69) is 10.6 Å². The maximum Gasteiger partial charge on any atom is 0.251 e. The predicted octanol–water partition coefficient (Wildman–Crippen LogP) is 2.85. The Morgan fingerprint density at radius 3 is 2.55 bits per heavy atom. The number of carbonyl (C=O) groups excluding carboxylic acids is 2. The van der Waals surface area contributed by atoms with Crippen molar-refractivity contribution in [2.75, 3.05) is 5.32 Å². The predicted molar refractivity (Wildman–Crippen MR) is 78.3 cm³/mol. The van der Waals surface area contributed by atoms with Crippen molar-refractivity contribution in [3.63, 3.8) is 0 Å². The van der Waals surface area contributed by atoms with Crippen molar-refractivity contribution < 1.29 is 18.4 Å². The summed E-state index contributed by atoms with van der Waals surface area (Å²) in [5.74, 6) is -2.05. The first-order chi connectivity index (χ1) is 10.5. The lowest BCUT2D eigenvalue weighted by atomic mass is 10.1. The number of nitrogens with one attached hydrogen (secondary N) is 2. The van der Waals surface area contributed by atoms with E-state index < -0.39 is 17.5 Å². The van der Waals surface area contributed by atoms with E-state index in [0.29, 0.717) is 11.3 Å². The number of hydrogen-bond acceptors (Lipinski definition) is 2. The molecule has 0 radical (unpaired) electrons. The number of carbonyl (C=O) groups is 2. The zero-order chi connectivity index (χ0) is 16.1. The summed E-state index contributed by atoms with van der Waals surface area (Å²) in [6.07, 6.45) is 0. The fourth-order valence-electron chi connectivity index (χ4n) is 1.88. The minimum atomic E-state index is -0.715. The molecule has 2 aromatic carbocycles. The SMILES string of the molecule is CC(=O)Nc1cccc(C(=O)NCc2ccc(F)cc2F)c1. The Morgan fingerprint density at radius 2 is 1.86 bits per heavy atom. The Labute approximate surface area is 126 Å². The van der Waals surface area contributed by atoms with Gasteiger partial charge in [0.2, 0.25) is 5.91 Å². The average molecular weight is 304 g/mol. The third kappa shape index (κ3) is 4.12. The van der Waals surface area contributed by atoms with Crippen LogP contribution < -0.4 is 10.6 Å². The van der Waals surface area contributed by atoms with Gasteiger partial charge in [-0.2, -0.15) is 0 Å². The van der Waals surface area contributed by atoms with Crippen molar-refractivity contribution in [2.45, 2.75) is 13.5 Å². The quantitative estimate of drug-likeness (QED) is 0.912. The molecule has 0 spiro atoms. The molecule has 2 amide bonds. The number of amides is 2. The lowest BCUT2D eigenvalue weighted by molar-refractivity contribution is -0.114. The minimum absolute atomic E-state index is 0.0602. The van der Waals surface area contributed by atoms with Gasteiger partial charge in [0.1, 0.15) is 11.6 Å². The molecule has 0 unspecified atom stereocenters. The first kappa shape index (κ1) is 15.6. The van der Waals surface area contributed by atoms with Gasteiger partial charge in [-0.05, 0) is 24.3 Å². The second-order valence-corrected chi connectivity index (χ2v) is 4.68. The normalized spacial score (nSPS) is 10.1. The molecule has 0 aromatic heterocycles. The van der Waals surface area contributed by atoms with Crippen molar-refractivity contribution in [2.24, 2.45) is 0 Å². The van der Waals surface area contributed by atoms with Crippen LogP contribution in [0.5, 0.6) is 0 Å². The standard InChI is InChI=1S/C16H14F2N2O2/c1-10(21)20-14-4-2-3-11(7-14)16(22)19-9-12-5-6-13(17)8-15(12)18/h2-8H,9H2,1H3,(H,19,22)(H,20,21). The monoisotopic (exact) mass is 304 g/mol. The van der Waals surface area contributed by atoms with Crippen molar-refractivity contribution in [1.29, 1.82) is 0 Å². The Kier molecular flexibility index (Phi) is 4.83. The van der Waals surface area contributed by atoms with Gasteiger partial charge >= 0.3 is 0 Å². The molecular formula is C16H14F2N2O2. The van der Waals surface area contributed by atoms with Crippen molar-refractivity contribution >= 4 is 17.5 Å². The first-order valence-electron chi connectivity index (χ1n) is 6.55. The Hall–Kier alpha value is -2.76. The molecule has 0 aliphatic rings. The second kappa shape index (κ2) is 6.80. The zero-order valence-corrected chi connectivity index (χ0v) is 11.8. The number of hydrogen-bond donors (Lipinski definition) is 2. The molecule has 0 saturated carbocycles. The summed E-state index contributed by atoms with van der Waals surface area (Å²) in [5.41, 5.74) is 1.01. The highest BCUT2D eigenvalue weighted by Crippen LogP contribution is 2.12. The van der Waals surface area contributed by atoms with Gasteiger partial charge in [0.15, 0.2) is 0 Å². The van der Waals surface area contributed by atoms with Crippen LogP contribution in [0.2, 0.25) is 0 Å². The molecule has 0 saturated heterocycles. The Bertz CT molecular complexity index is 717. The molecule has 0 bridgehead atoms. The third-order valence-corrected chi connectivity index (χ3v) is 2.90. The van der Waals surface area contributed by atoms with Crippen LogP contribution in [0.15, 0.2) is 42.5 Å². The lowest BCUT2D eigenvalue weighted by Crippen LogP contribution is -2.23. The largest absolute Gasteiger partial charge is 0.348 e. The van der Waals surface area contributed by atoms with E-state index in [9.17, 15) is 18.4 Å². The molecule has 114 valence electrons. The number of benzene rings is 2. The van der Waals surface area contributed by atoms with Crippen molar-refractivity contribution in [3.05, 3.63) is 65.2 Å². The smallest absolute Gasteiger partial charge is 0.251 e. The molecule has 0 aliphatic heterocycles. The average Bonchev–Trinajstić information content (AvgIpc) is 2.45. The molecule has 6 heteroatoms. The van der Waals surface area contributed by atoms with Crippen LogP contribution >= 0.6 is 0 Å². The highest BCUT2D eigenvalue weighted by Gasteiger charge is 2.09. The molecule has 2 rings (SSSR count). The van der Waals surface area contributed by atoms with E-state index in [1.54, 1.807) is 18.2 Å². The first-order valence-corrected chi connectivity index (χ1v) is 6.55. The van der Waals surface area contributed by atoms with Crippen LogP contribution in [-0.2, 0) is 11.3 Å². The summed E-state index contributed by atoms with van der Waals surface area (Å²) in [4.78, 5) is 23.0. The number of halogens is 2.